The van der Waals surface area contributed by atoms with E-state index in [1.165, 1.54) is 56.9 Å². The van der Waals surface area contributed by atoms with E-state index in [9.17, 15) is 0 Å². The molecule has 0 radical (unpaired) electrons. The summed E-state index contributed by atoms with van der Waals surface area (Å²) in [7, 11) is 0. The first-order chi connectivity index (χ1) is 9.19. The van der Waals surface area contributed by atoms with Crippen LogP contribution in [0.1, 0.15) is 58.3 Å². The van der Waals surface area contributed by atoms with Crippen LogP contribution in [0, 0.1) is 17.8 Å². The summed E-state index contributed by atoms with van der Waals surface area (Å²) in [5, 5.41) is 0. The second-order valence-electron chi connectivity index (χ2n) is 6.59. The van der Waals surface area contributed by atoms with Gasteiger partial charge in [-0.3, -0.25) is 4.99 Å². The zero-order valence-electron chi connectivity index (χ0n) is 12.5. The summed E-state index contributed by atoms with van der Waals surface area (Å²) >= 11 is 0. The lowest BCUT2D eigenvalue weighted by molar-refractivity contribution is 0.340. The van der Waals surface area contributed by atoms with Gasteiger partial charge in [0.2, 0.25) is 0 Å². The number of rotatable bonds is 4. The molecule has 0 bridgehead atoms. The number of aliphatic imine (C=N–C) groups is 1. The van der Waals surface area contributed by atoms with Crippen LogP contribution >= 0.6 is 0 Å². The number of hydrogen-bond acceptors (Lipinski definition) is 1. The second kappa shape index (κ2) is 7.07. The molecule has 2 aliphatic carbocycles. The van der Waals surface area contributed by atoms with Crippen LogP contribution in [0.25, 0.3) is 0 Å². The molecule has 2 rings (SSSR count). The van der Waals surface area contributed by atoms with E-state index >= 15 is 0 Å². The van der Waals surface area contributed by atoms with Crippen LogP contribution in [0.3, 0.4) is 0 Å². The van der Waals surface area contributed by atoms with E-state index in [1.807, 2.05) is 0 Å². The Kier molecular flexibility index (Phi) is 5.42. The molecular formula is C18H29N. The van der Waals surface area contributed by atoms with Crippen LogP contribution in [0.5, 0.6) is 0 Å². The molecule has 0 aromatic heterocycles. The van der Waals surface area contributed by atoms with E-state index in [4.69, 9.17) is 0 Å². The molecule has 0 aromatic rings. The largest absolute Gasteiger partial charge is 0.298 e. The standard InChI is InChI=1S/C18H29N/c1-14(2)17-10-6-15(7-11-17)4-5-16-8-12-18(19-3)13-9-16/h4-5,15-18H,1,3,6-13H2,2H3. The van der Waals surface area contributed by atoms with Gasteiger partial charge in [0.1, 0.15) is 0 Å². The molecule has 0 aromatic carbocycles. The van der Waals surface area contributed by atoms with Gasteiger partial charge in [0.05, 0.1) is 0 Å². The molecule has 1 nitrogen and oxygen atoms in total. The van der Waals surface area contributed by atoms with Crippen LogP contribution in [0.15, 0.2) is 29.3 Å². The number of hydrogen-bond donors (Lipinski definition) is 0. The van der Waals surface area contributed by atoms with Gasteiger partial charge in [0.25, 0.3) is 0 Å². The molecule has 0 unspecified atom stereocenters. The Hall–Kier alpha value is -0.850. The van der Waals surface area contributed by atoms with E-state index in [0.717, 1.165) is 17.8 Å². The van der Waals surface area contributed by atoms with E-state index in [-0.39, 0.29) is 0 Å². The highest BCUT2D eigenvalue weighted by atomic mass is 14.7. The first kappa shape index (κ1) is 14.6. The van der Waals surface area contributed by atoms with Gasteiger partial charge in [-0.15, -0.1) is 0 Å². The molecule has 106 valence electrons. The molecule has 0 N–H and O–H groups in total. The highest BCUT2D eigenvalue weighted by molar-refractivity contribution is 5.24. The Bertz CT molecular complexity index is 326. The molecule has 0 heterocycles. The molecule has 0 amide bonds. The minimum atomic E-state index is 0.538. The van der Waals surface area contributed by atoms with E-state index in [2.05, 4.69) is 37.4 Å². The predicted molar refractivity (Wildman–Crippen MR) is 84.7 cm³/mol. The number of allylic oxidation sites excluding steroid dienone is 3. The van der Waals surface area contributed by atoms with Crippen molar-refractivity contribution in [1.82, 2.24) is 0 Å². The minimum Gasteiger partial charge on any atom is -0.298 e. The van der Waals surface area contributed by atoms with Crippen molar-refractivity contribution in [3.63, 3.8) is 0 Å². The Labute approximate surface area is 118 Å². The second-order valence-corrected chi connectivity index (χ2v) is 6.59. The van der Waals surface area contributed by atoms with Crippen molar-refractivity contribution < 1.29 is 0 Å². The quantitative estimate of drug-likeness (QED) is 0.487. The maximum atomic E-state index is 4.17. The maximum absolute atomic E-state index is 4.17. The van der Waals surface area contributed by atoms with Crippen LogP contribution < -0.4 is 0 Å². The fourth-order valence-electron chi connectivity index (χ4n) is 3.60. The van der Waals surface area contributed by atoms with Crippen LogP contribution in [-0.2, 0) is 0 Å². The van der Waals surface area contributed by atoms with Crippen molar-refractivity contribution in [3.8, 4) is 0 Å². The van der Waals surface area contributed by atoms with Crippen molar-refractivity contribution in [2.45, 2.75) is 64.3 Å². The van der Waals surface area contributed by atoms with E-state index < -0.39 is 0 Å². The molecular weight excluding hydrogens is 230 g/mol. The molecule has 19 heavy (non-hydrogen) atoms. The van der Waals surface area contributed by atoms with Gasteiger partial charge in [-0.25, -0.2) is 0 Å². The summed E-state index contributed by atoms with van der Waals surface area (Å²) in [6.07, 6.45) is 15.5. The summed E-state index contributed by atoms with van der Waals surface area (Å²) in [6.45, 7) is 9.97. The average Bonchev–Trinajstić information content (AvgIpc) is 2.46. The van der Waals surface area contributed by atoms with Gasteiger partial charge >= 0.3 is 0 Å². The molecule has 2 aliphatic rings. The number of nitrogens with zero attached hydrogens (tertiary/aromatic N) is 1. The summed E-state index contributed by atoms with van der Waals surface area (Å²) in [4.78, 5) is 4.17. The Balaban J connectivity index is 1.72. The smallest absolute Gasteiger partial charge is 0.0492 e. The lowest BCUT2D eigenvalue weighted by atomic mass is 9.78. The van der Waals surface area contributed by atoms with Crippen LogP contribution in [0.2, 0.25) is 0 Å². The fraction of sp³-hybridized carbons (Fsp3) is 0.722. The predicted octanol–water partition coefficient (Wildman–Crippen LogP) is 5.18. The van der Waals surface area contributed by atoms with Crippen molar-refractivity contribution in [1.29, 1.82) is 0 Å². The summed E-state index contributed by atoms with van der Waals surface area (Å²) in [5.41, 5.74) is 1.39. The zero-order chi connectivity index (χ0) is 13.7. The molecule has 1 heteroatoms. The third-order valence-electron chi connectivity index (χ3n) is 5.12. The Morgan fingerprint density at radius 2 is 1.37 bits per heavy atom. The first-order valence-corrected chi connectivity index (χ1v) is 7.98. The molecule has 0 aliphatic heterocycles. The topological polar surface area (TPSA) is 12.4 Å². The third-order valence-corrected chi connectivity index (χ3v) is 5.12. The molecule has 0 atom stereocenters. The summed E-state index contributed by atoms with van der Waals surface area (Å²) in [6, 6.07) is 0.538. The molecule has 0 saturated heterocycles. The van der Waals surface area contributed by atoms with Crippen molar-refractivity contribution in [3.05, 3.63) is 24.3 Å². The minimum absolute atomic E-state index is 0.538. The fourth-order valence-corrected chi connectivity index (χ4v) is 3.60. The van der Waals surface area contributed by atoms with Gasteiger partial charge in [-0.2, -0.15) is 0 Å². The highest BCUT2D eigenvalue weighted by Gasteiger charge is 2.21. The first-order valence-electron chi connectivity index (χ1n) is 7.98. The lowest BCUT2D eigenvalue weighted by Crippen LogP contribution is -2.16. The van der Waals surface area contributed by atoms with Gasteiger partial charge in [-0.1, -0.05) is 24.3 Å². The molecule has 0 spiro atoms. The van der Waals surface area contributed by atoms with Crippen molar-refractivity contribution in [2.75, 3.05) is 0 Å². The van der Waals surface area contributed by atoms with Crippen molar-refractivity contribution >= 4 is 6.72 Å². The maximum Gasteiger partial charge on any atom is 0.0492 e. The van der Waals surface area contributed by atoms with E-state index in [1.54, 1.807) is 0 Å². The Morgan fingerprint density at radius 1 is 0.895 bits per heavy atom. The Morgan fingerprint density at radius 3 is 1.79 bits per heavy atom. The van der Waals surface area contributed by atoms with Gasteiger partial charge in [-0.05, 0) is 82.8 Å². The molecule has 2 saturated carbocycles. The molecule has 2 fully saturated rings. The average molecular weight is 259 g/mol. The van der Waals surface area contributed by atoms with Crippen LogP contribution in [-0.4, -0.2) is 12.8 Å². The highest BCUT2D eigenvalue weighted by Crippen LogP contribution is 2.34. The van der Waals surface area contributed by atoms with Gasteiger partial charge in [0, 0.05) is 6.04 Å². The lowest BCUT2D eigenvalue weighted by Gasteiger charge is -2.28. The zero-order valence-corrected chi connectivity index (χ0v) is 12.5. The van der Waals surface area contributed by atoms with Gasteiger partial charge in [0.15, 0.2) is 0 Å². The van der Waals surface area contributed by atoms with Crippen molar-refractivity contribution in [2.24, 2.45) is 22.7 Å². The van der Waals surface area contributed by atoms with Crippen LogP contribution in [0.4, 0.5) is 0 Å². The third kappa shape index (κ3) is 4.33. The normalized spacial score (nSPS) is 36.3. The van der Waals surface area contributed by atoms with Gasteiger partial charge < -0.3 is 0 Å². The summed E-state index contributed by atoms with van der Waals surface area (Å²) in [5.74, 6) is 2.42. The summed E-state index contributed by atoms with van der Waals surface area (Å²) < 4.78 is 0. The van der Waals surface area contributed by atoms with E-state index in [0.29, 0.717) is 6.04 Å². The SMILES string of the molecule is C=NC1CCC(C=CC2CCC(C(=C)C)CC2)CC1. The monoisotopic (exact) mass is 259 g/mol.